The molecule has 0 amide bonds. The topological polar surface area (TPSA) is 52.7 Å². The largest absolute Gasteiger partial charge is 0.419 e. The Bertz CT molecular complexity index is 555. The SMILES string of the molecule is Cn1c(C=O)cnc1-n1cc(C(F)(F)F)cn1. The maximum atomic E-state index is 12.4. The zero-order valence-corrected chi connectivity index (χ0v) is 8.64. The van der Waals surface area contributed by atoms with Gasteiger partial charge < -0.3 is 4.57 Å². The number of imidazole rings is 1. The van der Waals surface area contributed by atoms with E-state index in [9.17, 15) is 18.0 Å². The molecule has 5 nitrogen and oxygen atoms in total. The molecule has 0 fully saturated rings. The van der Waals surface area contributed by atoms with E-state index in [-0.39, 0.29) is 11.6 Å². The first-order valence-corrected chi connectivity index (χ1v) is 4.52. The highest BCUT2D eigenvalue weighted by Gasteiger charge is 2.32. The molecule has 2 aromatic rings. The summed E-state index contributed by atoms with van der Waals surface area (Å²) in [6.07, 6.45) is -1.11. The van der Waals surface area contributed by atoms with Crippen LogP contribution in [0.3, 0.4) is 0 Å². The Morgan fingerprint density at radius 3 is 2.53 bits per heavy atom. The molecule has 90 valence electrons. The number of hydrogen-bond donors (Lipinski definition) is 0. The lowest BCUT2D eigenvalue weighted by atomic mass is 10.4. The number of rotatable bonds is 2. The van der Waals surface area contributed by atoms with Gasteiger partial charge in [-0.1, -0.05) is 0 Å². The third-order valence-corrected chi connectivity index (χ3v) is 2.24. The average Bonchev–Trinajstić information content (AvgIpc) is 2.82. The van der Waals surface area contributed by atoms with Gasteiger partial charge in [0.2, 0.25) is 5.95 Å². The van der Waals surface area contributed by atoms with Crippen molar-refractivity contribution in [3.63, 3.8) is 0 Å². The van der Waals surface area contributed by atoms with E-state index in [1.165, 1.54) is 17.8 Å². The first-order chi connectivity index (χ1) is 7.93. The molecule has 17 heavy (non-hydrogen) atoms. The molecule has 0 unspecified atom stereocenters. The molecule has 0 aliphatic carbocycles. The Labute approximate surface area is 93.5 Å². The van der Waals surface area contributed by atoms with Crippen LogP contribution >= 0.6 is 0 Å². The van der Waals surface area contributed by atoms with Gasteiger partial charge in [0.15, 0.2) is 6.29 Å². The molecule has 0 aromatic carbocycles. The van der Waals surface area contributed by atoms with Crippen LogP contribution in [0.25, 0.3) is 5.95 Å². The fourth-order valence-electron chi connectivity index (χ4n) is 1.31. The van der Waals surface area contributed by atoms with Gasteiger partial charge in [0, 0.05) is 13.2 Å². The van der Waals surface area contributed by atoms with Crippen molar-refractivity contribution in [2.45, 2.75) is 6.18 Å². The summed E-state index contributed by atoms with van der Waals surface area (Å²) < 4.78 is 39.4. The second kappa shape index (κ2) is 3.72. The molecule has 0 spiro atoms. The molecule has 0 atom stereocenters. The van der Waals surface area contributed by atoms with E-state index in [0.717, 1.165) is 10.9 Å². The summed E-state index contributed by atoms with van der Waals surface area (Å²) in [7, 11) is 1.51. The summed E-state index contributed by atoms with van der Waals surface area (Å²) in [6, 6.07) is 0. The lowest BCUT2D eigenvalue weighted by Crippen LogP contribution is -2.06. The van der Waals surface area contributed by atoms with E-state index >= 15 is 0 Å². The average molecular weight is 244 g/mol. The molecule has 0 saturated carbocycles. The van der Waals surface area contributed by atoms with Crippen molar-refractivity contribution in [1.82, 2.24) is 19.3 Å². The fraction of sp³-hybridized carbons (Fsp3) is 0.222. The summed E-state index contributed by atoms with van der Waals surface area (Å²) in [4.78, 5) is 14.4. The van der Waals surface area contributed by atoms with Crippen LogP contribution in [0.5, 0.6) is 0 Å². The van der Waals surface area contributed by atoms with Crippen LogP contribution in [-0.2, 0) is 13.2 Å². The summed E-state index contributed by atoms with van der Waals surface area (Å²) in [5, 5.41) is 3.56. The molecule has 0 bridgehead atoms. The van der Waals surface area contributed by atoms with Crippen LogP contribution in [0.15, 0.2) is 18.6 Å². The molecule has 0 radical (unpaired) electrons. The predicted molar refractivity (Wildman–Crippen MR) is 50.7 cm³/mol. The molecule has 0 aliphatic rings. The van der Waals surface area contributed by atoms with Crippen LogP contribution in [-0.4, -0.2) is 25.6 Å². The lowest BCUT2D eigenvalue weighted by molar-refractivity contribution is -0.137. The predicted octanol–water partition coefficient (Wildman–Crippen LogP) is 1.44. The van der Waals surface area contributed by atoms with Crippen molar-refractivity contribution in [1.29, 1.82) is 0 Å². The van der Waals surface area contributed by atoms with E-state index in [1.807, 2.05) is 0 Å². The number of carbonyl (C=O) groups is 1. The Balaban J connectivity index is 2.44. The molecule has 2 aromatic heterocycles. The van der Waals surface area contributed by atoms with Gasteiger partial charge in [-0.25, -0.2) is 9.67 Å². The summed E-state index contributed by atoms with van der Waals surface area (Å²) in [6.45, 7) is 0. The minimum absolute atomic E-state index is 0.141. The molecule has 8 heteroatoms. The molecule has 2 heterocycles. The van der Waals surface area contributed by atoms with E-state index in [2.05, 4.69) is 10.1 Å². The summed E-state index contributed by atoms with van der Waals surface area (Å²) in [5.41, 5.74) is -0.614. The van der Waals surface area contributed by atoms with Gasteiger partial charge in [-0.2, -0.15) is 18.3 Å². The van der Waals surface area contributed by atoms with Gasteiger partial charge in [-0.3, -0.25) is 4.79 Å². The number of carbonyl (C=O) groups excluding carboxylic acids is 1. The van der Waals surface area contributed by atoms with Crippen molar-refractivity contribution in [2.24, 2.45) is 7.05 Å². The summed E-state index contributed by atoms with van der Waals surface area (Å²) >= 11 is 0. The lowest BCUT2D eigenvalue weighted by Gasteiger charge is -2.02. The first-order valence-electron chi connectivity index (χ1n) is 4.52. The number of nitrogens with zero attached hydrogens (tertiary/aromatic N) is 4. The number of halogens is 3. The smallest absolute Gasteiger partial charge is 0.309 e. The monoisotopic (exact) mass is 244 g/mol. The Morgan fingerprint density at radius 1 is 1.35 bits per heavy atom. The van der Waals surface area contributed by atoms with Crippen LogP contribution in [0, 0.1) is 0 Å². The van der Waals surface area contributed by atoms with Crippen LogP contribution < -0.4 is 0 Å². The quantitative estimate of drug-likeness (QED) is 0.751. The minimum atomic E-state index is -4.45. The van der Waals surface area contributed by atoms with Gasteiger partial charge in [-0.05, 0) is 0 Å². The third-order valence-electron chi connectivity index (χ3n) is 2.24. The van der Waals surface area contributed by atoms with Crippen LogP contribution in [0.4, 0.5) is 13.2 Å². The Morgan fingerprint density at radius 2 is 2.06 bits per heavy atom. The zero-order chi connectivity index (χ0) is 12.6. The normalized spacial score (nSPS) is 11.8. The first kappa shape index (κ1) is 11.4. The minimum Gasteiger partial charge on any atom is -0.309 e. The number of aromatic nitrogens is 4. The molecule has 2 rings (SSSR count). The van der Waals surface area contributed by atoms with E-state index in [0.29, 0.717) is 12.5 Å². The van der Waals surface area contributed by atoms with Gasteiger partial charge >= 0.3 is 6.18 Å². The molecular formula is C9H7F3N4O. The number of hydrogen-bond acceptors (Lipinski definition) is 3. The van der Waals surface area contributed by atoms with Crippen molar-refractivity contribution < 1.29 is 18.0 Å². The molecule has 0 saturated heterocycles. The Kier molecular flexibility index (Phi) is 2.49. The van der Waals surface area contributed by atoms with Crippen molar-refractivity contribution in [3.05, 3.63) is 29.8 Å². The van der Waals surface area contributed by atoms with Gasteiger partial charge in [0.05, 0.1) is 18.0 Å². The second-order valence-electron chi connectivity index (χ2n) is 3.33. The zero-order valence-electron chi connectivity index (χ0n) is 8.64. The van der Waals surface area contributed by atoms with Gasteiger partial charge in [-0.15, -0.1) is 0 Å². The summed E-state index contributed by atoms with van der Waals surface area (Å²) in [5.74, 6) is 0.141. The third kappa shape index (κ3) is 1.93. The van der Waals surface area contributed by atoms with Gasteiger partial charge in [0.1, 0.15) is 5.69 Å². The van der Waals surface area contributed by atoms with Crippen molar-refractivity contribution in [2.75, 3.05) is 0 Å². The van der Waals surface area contributed by atoms with Crippen LogP contribution in [0.1, 0.15) is 16.1 Å². The molecule has 0 aliphatic heterocycles. The standard InChI is InChI=1S/C9H7F3N4O/c1-15-7(5-17)3-13-8(15)16-4-6(2-14-16)9(10,11)12/h2-5H,1H3. The van der Waals surface area contributed by atoms with Crippen molar-refractivity contribution in [3.8, 4) is 5.95 Å². The fourth-order valence-corrected chi connectivity index (χ4v) is 1.31. The molecule has 0 N–H and O–H groups in total. The van der Waals surface area contributed by atoms with E-state index < -0.39 is 11.7 Å². The van der Waals surface area contributed by atoms with E-state index in [1.54, 1.807) is 0 Å². The highest BCUT2D eigenvalue weighted by atomic mass is 19.4. The van der Waals surface area contributed by atoms with Crippen molar-refractivity contribution >= 4 is 6.29 Å². The van der Waals surface area contributed by atoms with Crippen LogP contribution in [0.2, 0.25) is 0 Å². The number of alkyl halides is 3. The highest BCUT2D eigenvalue weighted by molar-refractivity contribution is 5.72. The van der Waals surface area contributed by atoms with Gasteiger partial charge in [0.25, 0.3) is 0 Å². The van der Waals surface area contributed by atoms with E-state index in [4.69, 9.17) is 0 Å². The number of aldehydes is 1. The molecular weight excluding hydrogens is 237 g/mol. The maximum absolute atomic E-state index is 12.4. The maximum Gasteiger partial charge on any atom is 0.419 e. The Hall–Kier alpha value is -2.12. The second-order valence-corrected chi connectivity index (χ2v) is 3.33. The highest BCUT2D eigenvalue weighted by Crippen LogP contribution is 2.28.